The summed E-state index contributed by atoms with van der Waals surface area (Å²) in [5.41, 5.74) is 3.29. The van der Waals surface area contributed by atoms with E-state index in [2.05, 4.69) is 10.6 Å². The Morgan fingerprint density at radius 1 is 1.30 bits per heavy atom. The Morgan fingerprint density at radius 2 is 2.10 bits per heavy atom. The normalized spacial score (nSPS) is 13.6. The molecule has 1 amide bonds. The Balaban J connectivity index is 1.70. The van der Waals surface area contributed by atoms with Crippen molar-refractivity contribution < 1.29 is 9.53 Å². The van der Waals surface area contributed by atoms with E-state index in [1.807, 2.05) is 32.0 Å². The highest BCUT2D eigenvalue weighted by Crippen LogP contribution is 2.16. The predicted octanol–water partition coefficient (Wildman–Crippen LogP) is 2.22. The molecule has 4 heteroatoms. The smallest absolute Gasteiger partial charge is 0.251 e. The van der Waals surface area contributed by atoms with Gasteiger partial charge in [-0.1, -0.05) is 6.07 Å². The highest BCUT2D eigenvalue weighted by molar-refractivity contribution is 5.94. The van der Waals surface area contributed by atoms with Crippen LogP contribution in [0.5, 0.6) is 0 Å². The lowest BCUT2D eigenvalue weighted by Crippen LogP contribution is -2.24. The van der Waals surface area contributed by atoms with Crippen molar-refractivity contribution in [2.45, 2.75) is 45.9 Å². The van der Waals surface area contributed by atoms with Gasteiger partial charge in [-0.15, -0.1) is 0 Å². The zero-order valence-electron chi connectivity index (χ0n) is 12.4. The van der Waals surface area contributed by atoms with Crippen molar-refractivity contribution in [3.8, 4) is 0 Å². The number of ether oxygens (including phenoxy) is 1. The maximum absolute atomic E-state index is 12.0. The maximum Gasteiger partial charge on any atom is 0.251 e. The van der Waals surface area contributed by atoms with Gasteiger partial charge in [0.2, 0.25) is 0 Å². The third-order valence-electron chi connectivity index (χ3n) is 3.41. The van der Waals surface area contributed by atoms with E-state index in [4.69, 9.17) is 4.74 Å². The minimum Gasteiger partial charge on any atom is -0.379 e. The van der Waals surface area contributed by atoms with Crippen LogP contribution in [-0.4, -0.2) is 25.2 Å². The SMILES string of the molecule is CC(C)OCCCCNC(=O)c1ccc2c(c1)CNC2. The van der Waals surface area contributed by atoms with Crippen molar-refractivity contribution in [2.75, 3.05) is 13.2 Å². The van der Waals surface area contributed by atoms with E-state index in [1.54, 1.807) is 0 Å². The molecule has 0 fully saturated rings. The van der Waals surface area contributed by atoms with Gasteiger partial charge in [0, 0.05) is 31.8 Å². The summed E-state index contributed by atoms with van der Waals surface area (Å²) >= 11 is 0. The largest absolute Gasteiger partial charge is 0.379 e. The van der Waals surface area contributed by atoms with Crippen molar-refractivity contribution in [3.63, 3.8) is 0 Å². The van der Waals surface area contributed by atoms with Crippen LogP contribution in [0.2, 0.25) is 0 Å². The standard InChI is InChI=1S/C16H24N2O2/c1-12(2)20-8-4-3-7-18-16(19)13-5-6-14-10-17-11-15(14)9-13/h5-6,9,12,17H,3-4,7-8,10-11H2,1-2H3,(H,18,19). The number of amides is 1. The Hall–Kier alpha value is -1.39. The lowest BCUT2D eigenvalue weighted by molar-refractivity contribution is 0.0754. The number of unbranched alkanes of at least 4 members (excludes halogenated alkanes) is 1. The van der Waals surface area contributed by atoms with Gasteiger partial charge in [-0.3, -0.25) is 4.79 Å². The van der Waals surface area contributed by atoms with Crippen molar-refractivity contribution in [1.29, 1.82) is 0 Å². The second-order valence-corrected chi connectivity index (χ2v) is 5.47. The first-order chi connectivity index (χ1) is 9.66. The number of carbonyl (C=O) groups excluding carboxylic acids is 1. The number of hydrogen-bond acceptors (Lipinski definition) is 3. The predicted molar refractivity (Wildman–Crippen MR) is 79.6 cm³/mol. The van der Waals surface area contributed by atoms with Crippen LogP contribution in [0, 0.1) is 0 Å². The Bertz CT molecular complexity index is 458. The van der Waals surface area contributed by atoms with Crippen molar-refractivity contribution in [2.24, 2.45) is 0 Å². The molecule has 0 spiro atoms. The maximum atomic E-state index is 12.0. The molecule has 0 atom stereocenters. The average Bonchev–Trinajstić information content (AvgIpc) is 2.89. The zero-order valence-corrected chi connectivity index (χ0v) is 12.4. The van der Waals surface area contributed by atoms with Crippen LogP contribution in [0.15, 0.2) is 18.2 Å². The van der Waals surface area contributed by atoms with Gasteiger partial charge >= 0.3 is 0 Å². The van der Waals surface area contributed by atoms with Crippen molar-refractivity contribution in [1.82, 2.24) is 10.6 Å². The second kappa shape index (κ2) is 7.41. The Labute approximate surface area is 120 Å². The third-order valence-corrected chi connectivity index (χ3v) is 3.41. The topological polar surface area (TPSA) is 50.4 Å². The number of rotatable bonds is 7. The van der Waals surface area contributed by atoms with E-state index >= 15 is 0 Å². The fourth-order valence-electron chi connectivity index (χ4n) is 2.29. The summed E-state index contributed by atoms with van der Waals surface area (Å²) in [6.07, 6.45) is 2.21. The molecular formula is C16H24N2O2. The fourth-order valence-corrected chi connectivity index (χ4v) is 2.29. The van der Waals surface area contributed by atoms with Gasteiger partial charge in [0.1, 0.15) is 0 Å². The van der Waals surface area contributed by atoms with Gasteiger partial charge in [0.25, 0.3) is 5.91 Å². The number of carbonyl (C=O) groups is 1. The van der Waals surface area contributed by atoms with Crippen LogP contribution in [0.1, 0.15) is 48.2 Å². The molecule has 2 N–H and O–H groups in total. The van der Waals surface area contributed by atoms with Gasteiger partial charge in [-0.2, -0.15) is 0 Å². The van der Waals surface area contributed by atoms with Gasteiger partial charge in [0.15, 0.2) is 0 Å². The molecule has 0 saturated carbocycles. The number of nitrogens with one attached hydrogen (secondary N) is 2. The summed E-state index contributed by atoms with van der Waals surface area (Å²) in [4.78, 5) is 12.0. The highest BCUT2D eigenvalue weighted by atomic mass is 16.5. The summed E-state index contributed by atoms with van der Waals surface area (Å²) in [7, 11) is 0. The molecule has 1 aromatic rings. The molecule has 0 radical (unpaired) electrons. The summed E-state index contributed by atoms with van der Waals surface area (Å²) < 4.78 is 5.46. The monoisotopic (exact) mass is 276 g/mol. The van der Waals surface area contributed by atoms with E-state index in [0.717, 1.165) is 38.1 Å². The lowest BCUT2D eigenvalue weighted by Gasteiger charge is -2.08. The summed E-state index contributed by atoms with van der Waals surface area (Å²) in [5, 5.41) is 6.25. The lowest BCUT2D eigenvalue weighted by atomic mass is 10.1. The molecular weight excluding hydrogens is 252 g/mol. The number of fused-ring (bicyclic) bond motifs is 1. The minimum absolute atomic E-state index is 0.0180. The molecule has 1 aliphatic heterocycles. The Morgan fingerprint density at radius 3 is 2.90 bits per heavy atom. The second-order valence-electron chi connectivity index (χ2n) is 5.47. The van der Waals surface area contributed by atoms with Crippen LogP contribution >= 0.6 is 0 Å². The van der Waals surface area contributed by atoms with Crippen LogP contribution in [0.25, 0.3) is 0 Å². The molecule has 0 aliphatic carbocycles. The van der Waals surface area contributed by atoms with Gasteiger partial charge in [-0.25, -0.2) is 0 Å². The zero-order chi connectivity index (χ0) is 14.4. The molecule has 1 heterocycles. The van der Waals surface area contributed by atoms with Crippen LogP contribution in [-0.2, 0) is 17.8 Å². The third kappa shape index (κ3) is 4.32. The molecule has 0 aromatic heterocycles. The van der Waals surface area contributed by atoms with Crippen molar-refractivity contribution in [3.05, 3.63) is 34.9 Å². The summed E-state index contributed by atoms with van der Waals surface area (Å²) in [6, 6.07) is 5.94. The van der Waals surface area contributed by atoms with E-state index in [-0.39, 0.29) is 12.0 Å². The molecule has 110 valence electrons. The average molecular weight is 276 g/mol. The molecule has 20 heavy (non-hydrogen) atoms. The van der Waals surface area contributed by atoms with Crippen molar-refractivity contribution >= 4 is 5.91 Å². The van der Waals surface area contributed by atoms with Crippen LogP contribution in [0.3, 0.4) is 0 Å². The highest BCUT2D eigenvalue weighted by Gasteiger charge is 2.12. The molecule has 0 unspecified atom stereocenters. The van der Waals surface area contributed by atoms with Crippen LogP contribution in [0.4, 0.5) is 0 Å². The Kier molecular flexibility index (Phi) is 5.56. The van der Waals surface area contributed by atoms with E-state index in [9.17, 15) is 4.79 Å². The fraction of sp³-hybridized carbons (Fsp3) is 0.562. The van der Waals surface area contributed by atoms with Gasteiger partial charge in [-0.05, 0) is 49.9 Å². The molecule has 0 saturated heterocycles. The van der Waals surface area contributed by atoms with E-state index < -0.39 is 0 Å². The molecule has 2 rings (SSSR count). The van der Waals surface area contributed by atoms with E-state index in [1.165, 1.54) is 11.1 Å². The molecule has 0 bridgehead atoms. The van der Waals surface area contributed by atoms with Crippen LogP contribution < -0.4 is 10.6 Å². The first kappa shape index (κ1) is 15.0. The number of hydrogen-bond donors (Lipinski definition) is 2. The van der Waals surface area contributed by atoms with E-state index in [0.29, 0.717) is 6.54 Å². The quantitative estimate of drug-likeness (QED) is 0.751. The summed E-state index contributed by atoms with van der Waals surface area (Å²) in [6.45, 7) is 7.30. The minimum atomic E-state index is 0.0180. The molecule has 1 aliphatic rings. The molecule has 4 nitrogen and oxygen atoms in total. The molecule has 1 aromatic carbocycles. The summed E-state index contributed by atoms with van der Waals surface area (Å²) in [5.74, 6) is 0.0180. The number of benzene rings is 1. The van der Waals surface area contributed by atoms with Gasteiger partial charge in [0.05, 0.1) is 6.10 Å². The van der Waals surface area contributed by atoms with Gasteiger partial charge < -0.3 is 15.4 Å². The first-order valence-electron chi connectivity index (χ1n) is 7.39. The first-order valence-corrected chi connectivity index (χ1v) is 7.39.